The topological polar surface area (TPSA) is 92.7 Å². The fourth-order valence-corrected chi connectivity index (χ4v) is 4.41. The molecule has 0 saturated heterocycles. The number of carbonyl (C=O) groups excluding carboxylic acids is 2. The molecule has 3 rings (SSSR count). The molecular formula is C23H25NO5S. The largest absolute Gasteiger partial charge is 0.481 e. The highest BCUT2D eigenvalue weighted by molar-refractivity contribution is 7.15. The molecule has 6 nitrogen and oxygen atoms in total. The first kappa shape index (κ1) is 21.8. The monoisotopic (exact) mass is 427 g/mol. The number of esters is 1. The number of allylic oxidation sites excluding steroid dienone is 2. The summed E-state index contributed by atoms with van der Waals surface area (Å²) in [5.41, 5.74) is 2.92. The molecule has 0 saturated carbocycles. The number of ether oxygens (including phenoxy) is 1. The van der Waals surface area contributed by atoms with Crippen LogP contribution in [0.4, 0.5) is 5.00 Å². The van der Waals surface area contributed by atoms with Crippen LogP contribution in [0, 0.1) is 18.8 Å². The van der Waals surface area contributed by atoms with Gasteiger partial charge in [-0.15, -0.1) is 11.3 Å². The third kappa shape index (κ3) is 4.79. The minimum Gasteiger partial charge on any atom is -0.481 e. The first-order valence-corrected chi connectivity index (χ1v) is 10.7. The van der Waals surface area contributed by atoms with E-state index >= 15 is 0 Å². The minimum atomic E-state index is -0.995. The second kappa shape index (κ2) is 9.26. The SMILES string of the molecule is Cc1ccc(-c2csc(NC(=O)[C@@H]3CC=CC[C@H]3C(=O)O)c2C(=O)OC(C)C)cc1. The molecule has 2 atom stereocenters. The number of aryl methyl sites for hydroxylation is 1. The van der Waals surface area contributed by atoms with Gasteiger partial charge in [0.2, 0.25) is 5.91 Å². The second-order valence-corrected chi connectivity index (χ2v) is 8.54. The molecule has 7 heteroatoms. The van der Waals surface area contributed by atoms with Crippen molar-refractivity contribution in [2.24, 2.45) is 11.8 Å². The van der Waals surface area contributed by atoms with Crippen LogP contribution in [0.1, 0.15) is 42.6 Å². The number of aliphatic carboxylic acids is 1. The van der Waals surface area contributed by atoms with Gasteiger partial charge in [0.15, 0.2) is 0 Å². The van der Waals surface area contributed by atoms with Crippen LogP contribution < -0.4 is 5.32 Å². The van der Waals surface area contributed by atoms with Crippen molar-refractivity contribution in [3.8, 4) is 11.1 Å². The summed E-state index contributed by atoms with van der Waals surface area (Å²) in [6.07, 6.45) is 3.96. The van der Waals surface area contributed by atoms with Gasteiger partial charge >= 0.3 is 11.9 Å². The van der Waals surface area contributed by atoms with E-state index in [-0.39, 0.29) is 6.10 Å². The zero-order chi connectivity index (χ0) is 21.8. The second-order valence-electron chi connectivity index (χ2n) is 7.66. The molecule has 158 valence electrons. The number of hydrogen-bond acceptors (Lipinski definition) is 5. The molecule has 1 aromatic heterocycles. The maximum absolute atomic E-state index is 12.9. The Bertz CT molecular complexity index is 974. The average Bonchev–Trinajstić information content (AvgIpc) is 3.11. The summed E-state index contributed by atoms with van der Waals surface area (Å²) in [6.45, 7) is 5.51. The molecule has 2 N–H and O–H groups in total. The van der Waals surface area contributed by atoms with Gasteiger partial charge in [0.05, 0.1) is 17.9 Å². The van der Waals surface area contributed by atoms with E-state index in [0.717, 1.165) is 11.1 Å². The van der Waals surface area contributed by atoms with Gasteiger partial charge in [-0.05, 0) is 39.2 Å². The van der Waals surface area contributed by atoms with Gasteiger partial charge in [-0.3, -0.25) is 9.59 Å². The molecule has 1 aliphatic rings. The molecule has 30 heavy (non-hydrogen) atoms. The van der Waals surface area contributed by atoms with Crippen LogP contribution in [-0.2, 0) is 14.3 Å². The van der Waals surface area contributed by atoms with E-state index in [4.69, 9.17) is 4.74 Å². The Labute approximate surface area is 179 Å². The standard InChI is InChI=1S/C23H25NO5S/c1-13(2)29-23(28)19-18(15-10-8-14(3)9-11-15)12-30-21(19)24-20(25)16-6-4-5-7-17(16)22(26)27/h4-5,8-13,16-17H,6-7H2,1-3H3,(H,24,25)(H,26,27)/t16-,17-/m1/s1. The van der Waals surface area contributed by atoms with Crippen molar-refractivity contribution in [2.45, 2.75) is 39.7 Å². The molecule has 0 unspecified atom stereocenters. The van der Waals surface area contributed by atoms with Crippen molar-refractivity contribution in [3.05, 3.63) is 52.9 Å². The lowest BCUT2D eigenvalue weighted by Crippen LogP contribution is -2.34. The highest BCUT2D eigenvalue weighted by Gasteiger charge is 2.35. The smallest absolute Gasteiger partial charge is 0.342 e. The molecule has 1 amide bonds. The molecule has 1 aromatic carbocycles. The van der Waals surface area contributed by atoms with Gasteiger partial charge in [0, 0.05) is 10.9 Å². The van der Waals surface area contributed by atoms with Crippen LogP contribution in [0.5, 0.6) is 0 Å². The van der Waals surface area contributed by atoms with Gasteiger partial charge in [0.25, 0.3) is 0 Å². The van der Waals surface area contributed by atoms with Gasteiger partial charge in [-0.25, -0.2) is 4.79 Å². The predicted octanol–water partition coefficient (Wildman–Crippen LogP) is 4.89. The summed E-state index contributed by atoms with van der Waals surface area (Å²) in [6, 6.07) is 7.74. The highest BCUT2D eigenvalue weighted by atomic mass is 32.1. The number of amides is 1. The van der Waals surface area contributed by atoms with E-state index in [1.165, 1.54) is 11.3 Å². The van der Waals surface area contributed by atoms with Gasteiger partial charge < -0.3 is 15.2 Å². The quantitative estimate of drug-likeness (QED) is 0.506. The Kier molecular flexibility index (Phi) is 6.72. The number of carbonyl (C=O) groups is 3. The zero-order valence-corrected chi connectivity index (χ0v) is 18.0. The molecule has 1 heterocycles. The maximum atomic E-state index is 12.9. The van der Waals surface area contributed by atoms with Crippen LogP contribution in [0.25, 0.3) is 11.1 Å². The average molecular weight is 428 g/mol. The summed E-state index contributed by atoms with van der Waals surface area (Å²) in [5.74, 6) is -3.38. The fraction of sp³-hybridized carbons (Fsp3) is 0.348. The van der Waals surface area contributed by atoms with Crippen molar-refractivity contribution in [1.82, 2.24) is 0 Å². The van der Waals surface area contributed by atoms with Crippen LogP contribution in [-0.4, -0.2) is 29.1 Å². The van der Waals surface area contributed by atoms with Crippen molar-refractivity contribution >= 4 is 34.2 Å². The third-order valence-corrected chi connectivity index (χ3v) is 5.92. The van der Waals surface area contributed by atoms with Gasteiger partial charge in [-0.2, -0.15) is 0 Å². The van der Waals surface area contributed by atoms with Crippen LogP contribution >= 0.6 is 11.3 Å². The highest BCUT2D eigenvalue weighted by Crippen LogP contribution is 2.37. The number of benzene rings is 1. The number of anilines is 1. The Balaban J connectivity index is 1.95. The Morgan fingerprint density at radius 1 is 1.10 bits per heavy atom. The maximum Gasteiger partial charge on any atom is 0.342 e. The summed E-state index contributed by atoms with van der Waals surface area (Å²) >= 11 is 1.23. The number of carboxylic acid groups (broad SMARTS) is 1. The summed E-state index contributed by atoms with van der Waals surface area (Å²) in [7, 11) is 0. The first-order valence-electron chi connectivity index (χ1n) is 9.86. The van der Waals surface area contributed by atoms with Crippen molar-refractivity contribution < 1.29 is 24.2 Å². The lowest BCUT2D eigenvalue weighted by molar-refractivity contribution is -0.146. The number of hydrogen-bond donors (Lipinski definition) is 2. The lowest BCUT2D eigenvalue weighted by atomic mass is 9.82. The molecule has 0 bridgehead atoms. The number of rotatable bonds is 6. The van der Waals surface area contributed by atoms with E-state index in [1.807, 2.05) is 42.6 Å². The van der Waals surface area contributed by atoms with Gasteiger partial charge in [0.1, 0.15) is 10.6 Å². The number of thiophene rings is 1. The van der Waals surface area contributed by atoms with Crippen molar-refractivity contribution in [2.75, 3.05) is 5.32 Å². The number of nitrogens with one attached hydrogen (secondary N) is 1. The van der Waals surface area contributed by atoms with Crippen molar-refractivity contribution in [3.63, 3.8) is 0 Å². The fourth-order valence-electron chi connectivity index (χ4n) is 3.45. The molecular weight excluding hydrogens is 402 g/mol. The van der Waals surface area contributed by atoms with E-state index in [0.29, 0.717) is 29.0 Å². The Morgan fingerprint density at radius 3 is 2.33 bits per heavy atom. The third-order valence-electron chi connectivity index (χ3n) is 5.02. The molecule has 0 aliphatic heterocycles. The summed E-state index contributed by atoms with van der Waals surface area (Å²) < 4.78 is 5.42. The first-order chi connectivity index (χ1) is 14.3. The van der Waals surface area contributed by atoms with Crippen LogP contribution in [0.2, 0.25) is 0 Å². The normalized spacial score (nSPS) is 18.3. The molecule has 0 radical (unpaired) electrons. The Morgan fingerprint density at radius 2 is 1.73 bits per heavy atom. The van der Waals surface area contributed by atoms with Crippen LogP contribution in [0.3, 0.4) is 0 Å². The lowest BCUT2D eigenvalue weighted by Gasteiger charge is -2.24. The van der Waals surface area contributed by atoms with E-state index in [2.05, 4.69) is 5.32 Å². The molecule has 0 spiro atoms. The van der Waals surface area contributed by atoms with E-state index in [1.54, 1.807) is 19.9 Å². The number of carboxylic acids is 1. The van der Waals surface area contributed by atoms with E-state index in [9.17, 15) is 19.5 Å². The van der Waals surface area contributed by atoms with Crippen LogP contribution in [0.15, 0.2) is 41.8 Å². The van der Waals surface area contributed by atoms with Gasteiger partial charge in [-0.1, -0.05) is 42.0 Å². The molecule has 1 aliphatic carbocycles. The predicted molar refractivity (Wildman–Crippen MR) is 117 cm³/mol. The zero-order valence-electron chi connectivity index (χ0n) is 17.2. The van der Waals surface area contributed by atoms with E-state index < -0.39 is 29.7 Å². The molecule has 0 fully saturated rings. The Hall–Kier alpha value is -2.93. The van der Waals surface area contributed by atoms with Crippen molar-refractivity contribution in [1.29, 1.82) is 0 Å². The molecule has 2 aromatic rings. The summed E-state index contributed by atoms with van der Waals surface area (Å²) in [5, 5.41) is 14.4. The minimum absolute atomic E-state index is 0.295. The summed E-state index contributed by atoms with van der Waals surface area (Å²) in [4.78, 5) is 37.3.